The van der Waals surface area contributed by atoms with Crippen LogP contribution in [0.2, 0.25) is 0 Å². The van der Waals surface area contributed by atoms with Crippen molar-refractivity contribution >= 4 is 40.7 Å². The van der Waals surface area contributed by atoms with E-state index in [-0.39, 0.29) is 30.7 Å². The van der Waals surface area contributed by atoms with Crippen LogP contribution in [0.3, 0.4) is 0 Å². The molecule has 1 aromatic carbocycles. The first-order valence-corrected chi connectivity index (χ1v) is 15.5. The van der Waals surface area contributed by atoms with Gasteiger partial charge in [0, 0.05) is 25.4 Å². The molecule has 3 N–H and O–H groups in total. The molecular formula is C33H45N5O6. The number of hydrazine groups is 1. The molecule has 1 fully saturated rings. The summed E-state index contributed by atoms with van der Waals surface area (Å²) >= 11 is 0. The zero-order valence-corrected chi connectivity index (χ0v) is 26.3. The molecule has 3 amide bonds. The Morgan fingerprint density at radius 3 is 2.52 bits per heavy atom. The van der Waals surface area contributed by atoms with Gasteiger partial charge in [0.15, 0.2) is 6.10 Å². The minimum atomic E-state index is -1.09. The zero-order chi connectivity index (χ0) is 32.0. The van der Waals surface area contributed by atoms with E-state index in [1.54, 1.807) is 32.7 Å². The summed E-state index contributed by atoms with van der Waals surface area (Å²) in [6.45, 7) is 7.39. The second-order valence-electron chi connectivity index (χ2n) is 12.2. The van der Waals surface area contributed by atoms with Crippen molar-refractivity contribution in [1.82, 2.24) is 25.6 Å². The van der Waals surface area contributed by atoms with E-state index in [4.69, 9.17) is 9.72 Å². The van der Waals surface area contributed by atoms with Gasteiger partial charge in [-0.15, -0.1) is 0 Å². The second-order valence-corrected chi connectivity index (χ2v) is 12.2. The van der Waals surface area contributed by atoms with Gasteiger partial charge in [-0.2, -0.15) is 0 Å². The standard InChI is InChI=1S/C33H45N5O6/c1-20(2)30-31(41)34-21(3)32(42)38-18-8-11-27(36-38)33(43)37(5)22(4)26-16-14-24-13-12-23(19-28(24)35-26)9-6-7-10-25(39)15-17-29(40)44-30/h6,9,12-14,16,19-22,25,27,30,36,39H,7-8,10-11,15,17-18H2,1-5H3,(H,34,41)/b9-6+/t21-,22+,25-,27-,30-/m0/s1. The quantitative estimate of drug-likeness (QED) is 0.420. The number of carbonyl (C=O) groups is 4. The summed E-state index contributed by atoms with van der Waals surface area (Å²) in [4.78, 5) is 59.0. The van der Waals surface area contributed by atoms with E-state index in [1.807, 2.05) is 49.4 Å². The van der Waals surface area contributed by atoms with E-state index in [1.165, 1.54) is 5.01 Å². The van der Waals surface area contributed by atoms with Gasteiger partial charge in [-0.05, 0) is 69.6 Å². The Balaban J connectivity index is 1.59. The van der Waals surface area contributed by atoms with Gasteiger partial charge in [0.2, 0.25) is 5.91 Å². The van der Waals surface area contributed by atoms with Crippen molar-refractivity contribution in [1.29, 1.82) is 0 Å². The lowest BCUT2D eigenvalue weighted by molar-refractivity contribution is -0.160. The SMILES string of the molecule is CC(C)[C@@H]1OC(=O)CC[C@@H](O)CC/C=C/c2ccc3ccc(nc3c2)[C@@H](C)N(C)C(=O)[C@@H]2CCCN(N2)C(=O)[C@H](C)NC1=O. The summed E-state index contributed by atoms with van der Waals surface area (Å²) in [5.41, 5.74) is 5.59. The van der Waals surface area contributed by atoms with Gasteiger partial charge in [0.25, 0.3) is 11.8 Å². The highest BCUT2D eigenvalue weighted by molar-refractivity contribution is 5.90. The number of benzene rings is 1. The van der Waals surface area contributed by atoms with Crippen molar-refractivity contribution in [3.63, 3.8) is 0 Å². The first kappa shape index (κ1) is 33.1. The molecule has 2 aromatic rings. The van der Waals surface area contributed by atoms with Crippen molar-refractivity contribution in [3.8, 4) is 0 Å². The molecule has 2 aliphatic heterocycles. The van der Waals surface area contributed by atoms with Crippen LogP contribution in [0.15, 0.2) is 36.4 Å². The molecule has 11 nitrogen and oxygen atoms in total. The number of hydrogen-bond donors (Lipinski definition) is 3. The molecule has 0 aliphatic carbocycles. The van der Waals surface area contributed by atoms with Gasteiger partial charge in [-0.1, -0.05) is 44.2 Å². The van der Waals surface area contributed by atoms with Crippen LogP contribution in [0.5, 0.6) is 0 Å². The molecule has 4 rings (SSSR count). The van der Waals surface area contributed by atoms with Crippen LogP contribution < -0.4 is 10.7 Å². The third-order valence-electron chi connectivity index (χ3n) is 8.35. The maximum absolute atomic E-state index is 13.6. The Kier molecular flexibility index (Phi) is 11.1. The number of likely N-dealkylation sites (N-methyl/N-ethyl adjacent to an activating group) is 1. The molecule has 3 heterocycles. The molecule has 1 aromatic heterocycles. The van der Waals surface area contributed by atoms with E-state index < -0.39 is 42.1 Å². The maximum atomic E-state index is 13.6. The number of carbonyl (C=O) groups excluding carboxylic acids is 4. The van der Waals surface area contributed by atoms with Gasteiger partial charge in [0.1, 0.15) is 12.1 Å². The van der Waals surface area contributed by atoms with E-state index in [2.05, 4.69) is 10.7 Å². The lowest BCUT2D eigenvalue weighted by Crippen LogP contribution is -2.61. The summed E-state index contributed by atoms with van der Waals surface area (Å²) in [5.74, 6) is -2.05. The molecule has 1 saturated heterocycles. The molecule has 0 unspecified atom stereocenters. The molecule has 0 radical (unpaired) electrons. The molecule has 5 bridgehead atoms. The summed E-state index contributed by atoms with van der Waals surface area (Å²) in [7, 11) is 1.73. The van der Waals surface area contributed by atoms with Crippen molar-refractivity contribution in [2.45, 2.75) is 96.6 Å². The van der Waals surface area contributed by atoms with Crippen molar-refractivity contribution in [3.05, 3.63) is 47.7 Å². The number of fused-ring (bicyclic) bond motifs is 4. The smallest absolute Gasteiger partial charge is 0.306 e. The largest absolute Gasteiger partial charge is 0.452 e. The van der Waals surface area contributed by atoms with Crippen LogP contribution in [0.4, 0.5) is 0 Å². The number of aliphatic hydroxyl groups is 1. The summed E-state index contributed by atoms with van der Waals surface area (Å²) < 4.78 is 5.49. The van der Waals surface area contributed by atoms with Gasteiger partial charge < -0.3 is 20.1 Å². The van der Waals surface area contributed by atoms with Crippen molar-refractivity contribution in [2.24, 2.45) is 5.92 Å². The highest BCUT2D eigenvalue weighted by Gasteiger charge is 2.35. The molecule has 0 spiro atoms. The zero-order valence-electron chi connectivity index (χ0n) is 26.3. The van der Waals surface area contributed by atoms with Gasteiger partial charge in [-0.25, -0.2) is 5.43 Å². The van der Waals surface area contributed by atoms with Crippen molar-refractivity contribution in [2.75, 3.05) is 13.6 Å². The fraction of sp³-hybridized carbons (Fsp3) is 0.545. The molecule has 2 aliphatic rings. The fourth-order valence-corrected chi connectivity index (χ4v) is 5.47. The highest BCUT2D eigenvalue weighted by Crippen LogP contribution is 2.24. The Hall–Kier alpha value is -3.83. The van der Waals surface area contributed by atoms with Crippen LogP contribution in [0, 0.1) is 5.92 Å². The summed E-state index contributed by atoms with van der Waals surface area (Å²) in [6.07, 6.45) is 4.59. The summed E-state index contributed by atoms with van der Waals surface area (Å²) in [5, 5.41) is 15.5. The molecule has 238 valence electrons. The third kappa shape index (κ3) is 8.21. The number of aromatic nitrogens is 1. The Bertz CT molecular complexity index is 1390. The van der Waals surface area contributed by atoms with Crippen LogP contribution in [0.1, 0.15) is 83.5 Å². The summed E-state index contributed by atoms with van der Waals surface area (Å²) in [6, 6.07) is 8.06. The number of pyridine rings is 1. The number of nitrogens with one attached hydrogen (secondary N) is 2. The number of hydrogen-bond acceptors (Lipinski definition) is 8. The number of amides is 3. The monoisotopic (exact) mass is 607 g/mol. The predicted octanol–water partition coefficient (Wildman–Crippen LogP) is 3.27. The first-order valence-electron chi connectivity index (χ1n) is 15.5. The van der Waals surface area contributed by atoms with E-state index >= 15 is 0 Å². The molecule has 5 atom stereocenters. The Labute approximate surface area is 259 Å². The van der Waals surface area contributed by atoms with Crippen molar-refractivity contribution < 1.29 is 29.0 Å². The maximum Gasteiger partial charge on any atom is 0.306 e. The average molecular weight is 608 g/mol. The van der Waals surface area contributed by atoms with E-state index in [0.29, 0.717) is 32.2 Å². The number of ether oxygens (including phenoxy) is 1. The van der Waals surface area contributed by atoms with Gasteiger partial charge in [0.05, 0.1) is 23.4 Å². The first-order chi connectivity index (χ1) is 20.9. The third-order valence-corrected chi connectivity index (χ3v) is 8.35. The fourth-order valence-electron chi connectivity index (χ4n) is 5.47. The van der Waals surface area contributed by atoms with Crippen LogP contribution in [-0.4, -0.2) is 81.6 Å². The lowest BCUT2D eigenvalue weighted by Gasteiger charge is -2.37. The number of esters is 1. The van der Waals surface area contributed by atoms with Crippen LogP contribution >= 0.6 is 0 Å². The van der Waals surface area contributed by atoms with Gasteiger partial charge in [-0.3, -0.25) is 29.2 Å². The number of aliphatic hydroxyl groups excluding tert-OH is 1. The van der Waals surface area contributed by atoms with E-state index in [9.17, 15) is 24.3 Å². The Morgan fingerprint density at radius 1 is 1.02 bits per heavy atom. The molecule has 44 heavy (non-hydrogen) atoms. The number of rotatable bonds is 1. The minimum Gasteiger partial charge on any atom is -0.452 e. The topological polar surface area (TPSA) is 141 Å². The van der Waals surface area contributed by atoms with Crippen LogP contribution in [0.25, 0.3) is 17.0 Å². The Morgan fingerprint density at radius 2 is 1.77 bits per heavy atom. The lowest BCUT2D eigenvalue weighted by atomic mass is 10.0. The number of nitrogens with zero attached hydrogens (tertiary/aromatic N) is 3. The average Bonchev–Trinajstić information content (AvgIpc) is 3.02. The van der Waals surface area contributed by atoms with Crippen LogP contribution in [-0.2, 0) is 23.9 Å². The molecule has 0 saturated carbocycles. The molecular weight excluding hydrogens is 562 g/mol. The van der Waals surface area contributed by atoms with E-state index in [0.717, 1.165) is 22.2 Å². The number of allylic oxidation sites excluding steroid dienone is 1. The second kappa shape index (κ2) is 14.8. The minimum absolute atomic E-state index is 0.0332. The highest BCUT2D eigenvalue weighted by atomic mass is 16.5. The van der Waals surface area contributed by atoms with Gasteiger partial charge >= 0.3 is 5.97 Å². The predicted molar refractivity (Wildman–Crippen MR) is 167 cm³/mol. The molecule has 11 heteroatoms. The number of cyclic esters (lactones) is 1. The normalized spacial score (nSPS) is 27.7.